The van der Waals surface area contributed by atoms with Gasteiger partial charge in [0.15, 0.2) is 0 Å². The summed E-state index contributed by atoms with van der Waals surface area (Å²) in [7, 11) is 1.95. The molecule has 1 aromatic carbocycles. The van der Waals surface area contributed by atoms with Crippen LogP contribution in [0, 0.1) is 0 Å². The summed E-state index contributed by atoms with van der Waals surface area (Å²) in [5.41, 5.74) is 2.10. The number of nitrogens with zero attached hydrogens (tertiary/aromatic N) is 2. The molecule has 1 fully saturated rings. The maximum absolute atomic E-state index is 13.3. The fourth-order valence-corrected chi connectivity index (χ4v) is 3.45. The van der Waals surface area contributed by atoms with Gasteiger partial charge in [0.2, 0.25) is 5.83 Å². The summed E-state index contributed by atoms with van der Waals surface area (Å²) in [6.07, 6.45) is 4.28. The van der Waals surface area contributed by atoms with Crippen molar-refractivity contribution in [1.29, 1.82) is 0 Å². The van der Waals surface area contributed by atoms with Crippen molar-refractivity contribution in [2.24, 2.45) is 7.05 Å². The second kappa shape index (κ2) is 6.02. The first kappa shape index (κ1) is 16.6. The monoisotopic (exact) mass is 331 g/mol. The number of aliphatic carboxylic acids is 1. The van der Waals surface area contributed by atoms with Crippen LogP contribution in [-0.2, 0) is 17.4 Å². The standard InChI is InChI=1S/C18H22FN3O2/c1-11(2)21-18(7-4-8-18)17-20-14-6-5-12(9-13(19)16(23)24)10-15(14)22(17)3/h5-6,9-11,21H,4,7-8H2,1-3H3,(H,23,24)/b13-9-. The number of carboxylic acid groups (broad SMARTS) is 1. The van der Waals surface area contributed by atoms with Crippen molar-refractivity contribution in [3.8, 4) is 0 Å². The lowest BCUT2D eigenvalue weighted by Crippen LogP contribution is -2.52. The summed E-state index contributed by atoms with van der Waals surface area (Å²) in [5.74, 6) is -1.75. The molecule has 1 aromatic heterocycles. The van der Waals surface area contributed by atoms with Gasteiger partial charge in [0, 0.05) is 13.1 Å². The van der Waals surface area contributed by atoms with E-state index in [1.807, 2.05) is 17.7 Å². The largest absolute Gasteiger partial charge is 0.476 e. The molecule has 0 spiro atoms. The van der Waals surface area contributed by atoms with Crippen LogP contribution in [-0.4, -0.2) is 26.7 Å². The number of rotatable bonds is 5. The molecule has 2 N–H and O–H groups in total. The third-order valence-electron chi connectivity index (χ3n) is 4.60. The zero-order valence-corrected chi connectivity index (χ0v) is 14.1. The molecule has 0 aliphatic heterocycles. The second-order valence-corrected chi connectivity index (χ2v) is 6.77. The number of carbonyl (C=O) groups is 1. The van der Waals surface area contributed by atoms with Gasteiger partial charge >= 0.3 is 5.97 Å². The Bertz CT molecular complexity index is 819. The van der Waals surface area contributed by atoms with Gasteiger partial charge in [-0.15, -0.1) is 0 Å². The molecular weight excluding hydrogens is 309 g/mol. The summed E-state index contributed by atoms with van der Waals surface area (Å²) in [4.78, 5) is 15.4. The third-order valence-corrected chi connectivity index (χ3v) is 4.60. The number of aryl methyl sites for hydroxylation is 1. The number of aromatic nitrogens is 2. The van der Waals surface area contributed by atoms with Crippen LogP contribution in [0.15, 0.2) is 24.0 Å². The van der Waals surface area contributed by atoms with E-state index in [0.717, 1.165) is 35.8 Å². The highest BCUT2D eigenvalue weighted by Gasteiger charge is 2.42. The minimum atomic E-state index is -1.56. The Morgan fingerprint density at radius 2 is 2.17 bits per heavy atom. The van der Waals surface area contributed by atoms with E-state index in [9.17, 15) is 9.18 Å². The first-order valence-corrected chi connectivity index (χ1v) is 8.17. The van der Waals surface area contributed by atoms with Crippen LogP contribution in [0.5, 0.6) is 0 Å². The number of halogens is 1. The molecule has 1 saturated carbocycles. The molecule has 6 heteroatoms. The Hall–Kier alpha value is -2.21. The van der Waals surface area contributed by atoms with E-state index in [1.165, 1.54) is 6.42 Å². The first-order valence-electron chi connectivity index (χ1n) is 8.17. The SMILES string of the molecule is CC(C)NC1(c2nc3ccc(/C=C(\F)C(=O)O)cc3n2C)CCC1. The van der Waals surface area contributed by atoms with E-state index in [1.54, 1.807) is 12.1 Å². The molecule has 1 aliphatic rings. The third kappa shape index (κ3) is 2.82. The molecular formula is C18H22FN3O2. The topological polar surface area (TPSA) is 67.2 Å². The van der Waals surface area contributed by atoms with E-state index < -0.39 is 11.8 Å². The van der Waals surface area contributed by atoms with Gasteiger partial charge in [-0.3, -0.25) is 0 Å². The van der Waals surface area contributed by atoms with Gasteiger partial charge < -0.3 is 15.0 Å². The summed E-state index contributed by atoms with van der Waals surface area (Å²) in [6, 6.07) is 5.62. The number of nitrogens with one attached hydrogen (secondary N) is 1. The smallest absolute Gasteiger partial charge is 0.364 e. The molecule has 0 atom stereocenters. The van der Waals surface area contributed by atoms with Crippen LogP contribution in [0.1, 0.15) is 44.5 Å². The lowest BCUT2D eigenvalue weighted by atomic mass is 9.75. The van der Waals surface area contributed by atoms with Gasteiger partial charge in [-0.2, -0.15) is 4.39 Å². The Labute approximate surface area is 140 Å². The molecule has 0 radical (unpaired) electrons. The highest BCUT2D eigenvalue weighted by atomic mass is 19.1. The molecule has 0 unspecified atom stereocenters. The minimum Gasteiger partial charge on any atom is -0.476 e. The summed E-state index contributed by atoms with van der Waals surface area (Å²) < 4.78 is 15.4. The molecule has 24 heavy (non-hydrogen) atoms. The Morgan fingerprint density at radius 1 is 1.46 bits per heavy atom. The highest BCUT2D eigenvalue weighted by Crippen LogP contribution is 2.42. The van der Waals surface area contributed by atoms with E-state index >= 15 is 0 Å². The summed E-state index contributed by atoms with van der Waals surface area (Å²) >= 11 is 0. The van der Waals surface area contributed by atoms with Gasteiger partial charge in [0.05, 0.1) is 16.6 Å². The van der Waals surface area contributed by atoms with Crippen LogP contribution < -0.4 is 5.32 Å². The highest BCUT2D eigenvalue weighted by molar-refractivity contribution is 5.90. The fraction of sp³-hybridized carbons (Fsp3) is 0.444. The zero-order chi connectivity index (χ0) is 17.5. The van der Waals surface area contributed by atoms with Crippen molar-refractivity contribution in [2.45, 2.75) is 44.7 Å². The van der Waals surface area contributed by atoms with Gasteiger partial charge in [-0.25, -0.2) is 9.78 Å². The number of hydrogen-bond acceptors (Lipinski definition) is 3. The molecule has 1 heterocycles. The van der Waals surface area contributed by atoms with Gasteiger partial charge in [0.1, 0.15) is 5.82 Å². The van der Waals surface area contributed by atoms with Gasteiger partial charge in [0.25, 0.3) is 0 Å². The lowest BCUT2D eigenvalue weighted by molar-refractivity contribution is -0.134. The van der Waals surface area contributed by atoms with Crippen molar-refractivity contribution >= 4 is 23.1 Å². The van der Waals surface area contributed by atoms with Crippen molar-refractivity contribution in [2.75, 3.05) is 0 Å². The predicted octanol–water partition coefficient (Wildman–Crippen LogP) is 3.35. The van der Waals surface area contributed by atoms with E-state index in [-0.39, 0.29) is 5.54 Å². The molecule has 1 aliphatic carbocycles. The predicted molar refractivity (Wildman–Crippen MR) is 91.2 cm³/mol. The van der Waals surface area contributed by atoms with E-state index in [0.29, 0.717) is 11.6 Å². The Kier molecular flexibility index (Phi) is 4.17. The van der Waals surface area contributed by atoms with Crippen LogP contribution in [0.25, 0.3) is 17.1 Å². The summed E-state index contributed by atoms with van der Waals surface area (Å²) in [5, 5.41) is 12.3. The number of benzene rings is 1. The summed E-state index contributed by atoms with van der Waals surface area (Å²) in [6.45, 7) is 4.25. The van der Waals surface area contributed by atoms with Crippen molar-refractivity contribution in [3.05, 3.63) is 35.4 Å². The van der Waals surface area contributed by atoms with Crippen LogP contribution >= 0.6 is 0 Å². The normalized spacial score (nSPS) is 17.3. The van der Waals surface area contributed by atoms with Crippen molar-refractivity contribution < 1.29 is 14.3 Å². The average molecular weight is 331 g/mol. The van der Waals surface area contributed by atoms with Crippen molar-refractivity contribution in [1.82, 2.24) is 14.9 Å². The van der Waals surface area contributed by atoms with E-state index in [2.05, 4.69) is 19.2 Å². The molecule has 0 amide bonds. The Morgan fingerprint density at radius 3 is 2.71 bits per heavy atom. The van der Waals surface area contributed by atoms with Crippen molar-refractivity contribution in [3.63, 3.8) is 0 Å². The maximum atomic E-state index is 13.3. The van der Waals surface area contributed by atoms with Crippen LogP contribution in [0.3, 0.4) is 0 Å². The second-order valence-electron chi connectivity index (χ2n) is 6.77. The zero-order valence-electron chi connectivity index (χ0n) is 14.1. The first-order chi connectivity index (χ1) is 11.3. The number of fused-ring (bicyclic) bond motifs is 1. The van der Waals surface area contributed by atoms with Gasteiger partial charge in [-0.05, 0) is 56.9 Å². The van der Waals surface area contributed by atoms with Gasteiger partial charge in [-0.1, -0.05) is 6.07 Å². The molecule has 5 nitrogen and oxygen atoms in total. The van der Waals surface area contributed by atoms with Crippen LogP contribution in [0.2, 0.25) is 0 Å². The lowest BCUT2D eigenvalue weighted by Gasteiger charge is -2.43. The number of carboxylic acids is 1. The maximum Gasteiger partial charge on any atom is 0.364 e. The van der Waals surface area contributed by atoms with Crippen LogP contribution in [0.4, 0.5) is 4.39 Å². The molecule has 0 saturated heterocycles. The molecule has 128 valence electrons. The fourth-order valence-electron chi connectivity index (χ4n) is 3.45. The molecule has 3 rings (SSSR count). The Balaban J connectivity index is 2.05. The van der Waals surface area contributed by atoms with E-state index in [4.69, 9.17) is 10.1 Å². The number of hydrogen-bond donors (Lipinski definition) is 2. The quantitative estimate of drug-likeness (QED) is 0.825. The number of imidazole rings is 1. The molecule has 0 bridgehead atoms. The average Bonchev–Trinajstić information content (AvgIpc) is 2.80. The molecule has 2 aromatic rings. The minimum absolute atomic E-state index is 0.107.